The topological polar surface area (TPSA) is 91.5 Å². The zero-order chi connectivity index (χ0) is 15.2. The Morgan fingerprint density at radius 3 is 2.19 bits per heavy atom. The number of benzene rings is 1. The monoisotopic (exact) mass is 290 g/mol. The highest BCUT2D eigenvalue weighted by molar-refractivity contribution is 5.46. The summed E-state index contributed by atoms with van der Waals surface area (Å²) in [6.07, 6.45) is 0. The van der Waals surface area contributed by atoms with Crippen LogP contribution in [0.25, 0.3) is 0 Å². The molecule has 0 spiro atoms. The maximum absolute atomic E-state index is 5.70. The van der Waals surface area contributed by atoms with Gasteiger partial charge in [-0.05, 0) is 6.92 Å². The van der Waals surface area contributed by atoms with Crippen LogP contribution in [-0.4, -0.2) is 30.7 Å². The maximum Gasteiger partial charge on any atom is 0.226 e. The van der Waals surface area contributed by atoms with E-state index >= 15 is 0 Å². The molecule has 112 valence electrons. The van der Waals surface area contributed by atoms with E-state index in [0.29, 0.717) is 28.9 Å². The van der Waals surface area contributed by atoms with Crippen molar-refractivity contribution < 1.29 is 14.2 Å². The zero-order valence-corrected chi connectivity index (χ0v) is 12.2. The Balaban J connectivity index is 2.28. The Bertz CT molecular complexity index is 597. The highest BCUT2D eigenvalue weighted by Gasteiger charge is 2.07. The van der Waals surface area contributed by atoms with E-state index in [1.54, 1.807) is 38.5 Å². The van der Waals surface area contributed by atoms with Crippen molar-refractivity contribution in [3.8, 4) is 23.1 Å². The number of ether oxygens (including phenoxy) is 3. The van der Waals surface area contributed by atoms with Gasteiger partial charge in [-0.15, -0.1) is 0 Å². The van der Waals surface area contributed by atoms with E-state index in [-0.39, 0.29) is 5.95 Å². The van der Waals surface area contributed by atoms with Crippen LogP contribution in [0.2, 0.25) is 0 Å². The normalized spacial score (nSPS) is 10.0. The molecule has 0 radical (unpaired) electrons. The van der Waals surface area contributed by atoms with Gasteiger partial charge in [0.15, 0.2) is 0 Å². The van der Waals surface area contributed by atoms with Crippen LogP contribution in [-0.2, 0) is 0 Å². The lowest BCUT2D eigenvalue weighted by Gasteiger charge is -2.10. The molecule has 21 heavy (non-hydrogen) atoms. The van der Waals surface area contributed by atoms with Crippen LogP contribution in [0.15, 0.2) is 24.3 Å². The second-order valence-electron chi connectivity index (χ2n) is 4.13. The van der Waals surface area contributed by atoms with E-state index in [9.17, 15) is 0 Å². The molecule has 0 saturated carbocycles. The number of nitrogens with zero attached hydrogens (tertiary/aromatic N) is 2. The minimum atomic E-state index is 0.137. The van der Waals surface area contributed by atoms with E-state index in [2.05, 4.69) is 15.3 Å². The van der Waals surface area contributed by atoms with Gasteiger partial charge in [-0.25, -0.2) is 0 Å². The molecule has 7 heteroatoms. The van der Waals surface area contributed by atoms with Gasteiger partial charge in [0.05, 0.1) is 14.2 Å². The summed E-state index contributed by atoms with van der Waals surface area (Å²) in [6.45, 7) is 2.69. The molecule has 0 atom stereocenters. The first-order valence-electron chi connectivity index (χ1n) is 6.44. The van der Waals surface area contributed by atoms with Gasteiger partial charge in [0, 0.05) is 30.8 Å². The summed E-state index contributed by atoms with van der Waals surface area (Å²) in [5.74, 6) is 2.87. The van der Waals surface area contributed by atoms with Crippen molar-refractivity contribution >= 4 is 11.8 Å². The standard InChI is InChI=1S/C14H18N4O3/c1-4-16-12-8-13(18-14(15)17-12)21-11-6-9(19-2)5-10(7-11)20-3/h5-8H,4H2,1-3H3,(H3,15,16,17,18). The summed E-state index contributed by atoms with van der Waals surface area (Å²) in [7, 11) is 3.15. The third kappa shape index (κ3) is 3.88. The molecule has 0 fully saturated rings. The molecule has 7 nitrogen and oxygen atoms in total. The number of aromatic nitrogens is 2. The van der Waals surface area contributed by atoms with E-state index in [0.717, 1.165) is 6.54 Å². The van der Waals surface area contributed by atoms with Crippen molar-refractivity contribution in [2.24, 2.45) is 0 Å². The molecule has 0 aliphatic heterocycles. The molecule has 3 N–H and O–H groups in total. The zero-order valence-electron chi connectivity index (χ0n) is 12.2. The smallest absolute Gasteiger partial charge is 0.226 e. The molecular formula is C14H18N4O3. The van der Waals surface area contributed by atoms with Crippen molar-refractivity contribution in [3.63, 3.8) is 0 Å². The highest BCUT2D eigenvalue weighted by atomic mass is 16.5. The number of nitrogens with two attached hydrogens (primary N) is 1. The van der Waals surface area contributed by atoms with Crippen LogP contribution in [0.3, 0.4) is 0 Å². The Labute approximate surface area is 123 Å². The quantitative estimate of drug-likeness (QED) is 0.843. The summed E-state index contributed by atoms with van der Waals surface area (Å²) in [5.41, 5.74) is 5.66. The van der Waals surface area contributed by atoms with E-state index in [1.165, 1.54) is 0 Å². The van der Waals surface area contributed by atoms with Crippen molar-refractivity contribution in [2.75, 3.05) is 31.8 Å². The first-order valence-corrected chi connectivity index (χ1v) is 6.44. The highest BCUT2D eigenvalue weighted by Crippen LogP contribution is 2.30. The van der Waals surface area contributed by atoms with Crippen LogP contribution < -0.4 is 25.3 Å². The van der Waals surface area contributed by atoms with E-state index in [1.807, 2.05) is 6.92 Å². The lowest BCUT2D eigenvalue weighted by Crippen LogP contribution is -2.04. The van der Waals surface area contributed by atoms with Gasteiger partial charge in [0.2, 0.25) is 11.8 Å². The van der Waals surface area contributed by atoms with Crippen LogP contribution in [0.5, 0.6) is 23.1 Å². The van der Waals surface area contributed by atoms with Crippen LogP contribution in [0, 0.1) is 0 Å². The fourth-order valence-electron chi connectivity index (χ4n) is 1.73. The van der Waals surface area contributed by atoms with E-state index < -0.39 is 0 Å². The Hall–Kier alpha value is -2.70. The fraction of sp³-hybridized carbons (Fsp3) is 0.286. The van der Waals surface area contributed by atoms with Crippen molar-refractivity contribution in [1.82, 2.24) is 9.97 Å². The number of nitrogens with one attached hydrogen (secondary N) is 1. The Morgan fingerprint density at radius 2 is 1.62 bits per heavy atom. The molecular weight excluding hydrogens is 272 g/mol. The van der Waals surface area contributed by atoms with Gasteiger partial charge in [-0.2, -0.15) is 9.97 Å². The Morgan fingerprint density at radius 1 is 1.00 bits per heavy atom. The molecule has 0 bridgehead atoms. The number of anilines is 2. The molecule has 0 aliphatic rings. The first-order chi connectivity index (χ1) is 10.1. The molecule has 1 heterocycles. The third-order valence-corrected chi connectivity index (χ3v) is 2.63. The van der Waals surface area contributed by atoms with Crippen molar-refractivity contribution in [1.29, 1.82) is 0 Å². The predicted octanol–water partition coefficient (Wildman–Crippen LogP) is 2.30. The molecule has 1 aromatic heterocycles. The largest absolute Gasteiger partial charge is 0.496 e. The fourth-order valence-corrected chi connectivity index (χ4v) is 1.73. The van der Waals surface area contributed by atoms with Gasteiger partial charge in [-0.3, -0.25) is 0 Å². The lowest BCUT2D eigenvalue weighted by molar-refractivity contribution is 0.385. The summed E-state index contributed by atoms with van der Waals surface area (Å²) in [6, 6.07) is 6.89. The number of nitrogen functional groups attached to an aromatic ring is 1. The van der Waals surface area contributed by atoms with Gasteiger partial charge < -0.3 is 25.3 Å². The summed E-state index contributed by atoms with van der Waals surface area (Å²) >= 11 is 0. The van der Waals surface area contributed by atoms with Gasteiger partial charge >= 0.3 is 0 Å². The molecule has 2 rings (SSSR count). The van der Waals surface area contributed by atoms with E-state index in [4.69, 9.17) is 19.9 Å². The predicted molar refractivity (Wildman–Crippen MR) is 80.2 cm³/mol. The third-order valence-electron chi connectivity index (χ3n) is 2.63. The Kier molecular flexibility index (Phi) is 4.65. The molecule has 0 saturated heterocycles. The van der Waals surface area contributed by atoms with Crippen LogP contribution in [0.1, 0.15) is 6.92 Å². The second-order valence-corrected chi connectivity index (χ2v) is 4.13. The second kappa shape index (κ2) is 6.65. The SMILES string of the molecule is CCNc1cc(Oc2cc(OC)cc(OC)c2)nc(N)n1. The summed E-state index contributed by atoms with van der Waals surface area (Å²) in [5, 5.41) is 3.06. The summed E-state index contributed by atoms with van der Waals surface area (Å²) in [4.78, 5) is 8.10. The molecule has 2 aromatic rings. The number of rotatable bonds is 6. The number of methoxy groups -OCH3 is 2. The summed E-state index contributed by atoms with van der Waals surface area (Å²) < 4.78 is 16.1. The molecule has 0 aliphatic carbocycles. The van der Waals surface area contributed by atoms with Crippen molar-refractivity contribution in [2.45, 2.75) is 6.92 Å². The molecule has 1 aromatic carbocycles. The van der Waals surface area contributed by atoms with Crippen LogP contribution >= 0.6 is 0 Å². The average Bonchev–Trinajstić information content (AvgIpc) is 2.46. The number of hydrogen-bond donors (Lipinski definition) is 2. The van der Waals surface area contributed by atoms with Gasteiger partial charge in [0.25, 0.3) is 0 Å². The molecule has 0 unspecified atom stereocenters. The van der Waals surface area contributed by atoms with Crippen LogP contribution in [0.4, 0.5) is 11.8 Å². The lowest BCUT2D eigenvalue weighted by atomic mass is 10.3. The minimum Gasteiger partial charge on any atom is -0.496 e. The average molecular weight is 290 g/mol. The van der Waals surface area contributed by atoms with Crippen molar-refractivity contribution in [3.05, 3.63) is 24.3 Å². The molecule has 0 amide bonds. The number of hydrogen-bond acceptors (Lipinski definition) is 7. The maximum atomic E-state index is 5.70. The first kappa shape index (κ1) is 14.7. The minimum absolute atomic E-state index is 0.137. The van der Waals surface area contributed by atoms with Gasteiger partial charge in [-0.1, -0.05) is 0 Å². The van der Waals surface area contributed by atoms with Gasteiger partial charge in [0.1, 0.15) is 23.1 Å².